The zero-order chi connectivity index (χ0) is 34.6. The molecular formula is C42H81NO5. The van der Waals surface area contributed by atoms with Crippen molar-refractivity contribution in [3.8, 4) is 0 Å². The van der Waals surface area contributed by atoms with Crippen LogP contribution in [0.15, 0.2) is 0 Å². The van der Waals surface area contributed by atoms with Crippen LogP contribution < -0.4 is 0 Å². The van der Waals surface area contributed by atoms with Gasteiger partial charge in [-0.2, -0.15) is 0 Å². The van der Waals surface area contributed by atoms with Crippen molar-refractivity contribution in [3.05, 3.63) is 0 Å². The first-order chi connectivity index (χ1) is 23.7. The van der Waals surface area contributed by atoms with E-state index in [1.165, 1.54) is 128 Å². The van der Waals surface area contributed by atoms with E-state index in [9.17, 15) is 14.7 Å². The summed E-state index contributed by atoms with van der Waals surface area (Å²) in [5.74, 6) is -0.0303. The molecule has 1 atom stereocenters. The molecule has 1 aliphatic rings. The number of carbonyl (C=O) groups excluding carboxylic acids is 2. The maximum Gasteiger partial charge on any atom is 0.306 e. The summed E-state index contributed by atoms with van der Waals surface area (Å²) in [7, 11) is 0. The number of rotatable bonds is 9. The van der Waals surface area contributed by atoms with Gasteiger partial charge in [0.1, 0.15) is 6.10 Å². The number of hydrogen-bond acceptors (Lipinski definition) is 6. The van der Waals surface area contributed by atoms with E-state index in [1.54, 1.807) is 0 Å². The Labute approximate surface area is 298 Å². The zero-order valence-corrected chi connectivity index (χ0v) is 32.0. The molecule has 1 fully saturated rings. The lowest BCUT2D eigenvalue weighted by atomic mass is 10.0. The fraction of sp³-hybridized carbons (Fsp3) is 0.952. The number of cyclic esters (lactones) is 2. The van der Waals surface area contributed by atoms with Gasteiger partial charge < -0.3 is 19.5 Å². The Morgan fingerprint density at radius 3 is 1.60 bits per heavy atom. The van der Waals surface area contributed by atoms with Gasteiger partial charge in [0, 0.05) is 19.4 Å². The Bertz CT molecular complexity index is 702. The summed E-state index contributed by atoms with van der Waals surface area (Å²) < 4.78 is 11.5. The molecule has 0 bridgehead atoms. The fourth-order valence-electron chi connectivity index (χ4n) is 7.08. The van der Waals surface area contributed by atoms with Crippen molar-refractivity contribution in [1.82, 2.24) is 4.90 Å². The van der Waals surface area contributed by atoms with Gasteiger partial charge in [-0.15, -0.1) is 0 Å². The van der Waals surface area contributed by atoms with Crippen LogP contribution in [-0.4, -0.2) is 60.9 Å². The van der Waals surface area contributed by atoms with E-state index < -0.39 is 0 Å². The van der Waals surface area contributed by atoms with Crippen LogP contribution in [0, 0.1) is 0 Å². The molecule has 0 radical (unpaired) electrons. The predicted octanol–water partition coefficient (Wildman–Crippen LogP) is 11.6. The predicted molar refractivity (Wildman–Crippen MR) is 202 cm³/mol. The molecule has 0 saturated carbocycles. The maximum absolute atomic E-state index is 12.8. The molecule has 1 unspecified atom stereocenters. The number of carbonyl (C=O) groups is 2. The molecule has 0 spiro atoms. The van der Waals surface area contributed by atoms with Gasteiger partial charge in [0.05, 0.1) is 13.2 Å². The number of β-amino-alcohol motifs (C(OH)–C–C–N with tert-alkyl or cyclic N) is 1. The highest BCUT2D eigenvalue weighted by Crippen LogP contribution is 2.19. The molecule has 48 heavy (non-hydrogen) atoms. The molecular weight excluding hydrogens is 598 g/mol. The van der Waals surface area contributed by atoms with Crippen molar-refractivity contribution in [2.45, 2.75) is 225 Å². The van der Waals surface area contributed by atoms with E-state index in [0.717, 1.165) is 83.7 Å². The van der Waals surface area contributed by atoms with E-state index in [-0.39, 0.29) is 24.6 Å². The highest BCUT2D eigenvalue weighted by molar-refractivity contribution is 5.69. The second-order valence-electron chi connectivity index (χ2n) is 14.9. The maximum atomic E-state index is 12.8. The lowest BCUT2D eigenvalue weighted by Crippen LogP contribution is -2.29. The molecule has 284 valence electrons. The molecule has 0 aromatic heterocycles. The monoisotopic (exact) mass is 680 g/mol. The minimum Gasteiger partial charge on any atom is -0.466 e. The number of esters is 2. The van der Waals surface area contributed by atoms with Gasteiger partial charge in [0.15, 0.2) is 0 Å². The van der Waals surface area contributed by atoms with Crippen LogP contribution in [-0.2, 0) is 19.1 Å². The van der Waals surface area contributed by atoms with Gasteiger partial charge in [0.2, 0.25) is 0 Å². The number of aliphatic hydroxyl groups is 1. The summed E-state index contributed by atoms with van der Waals surface area (Å²) in [5, 5.41) is 9.51. The Morgan fingerprint density at radius 2 is 1.02 bits per heavy atom. The topological polar surface area (TPSA) is 76.1 Å². The third-order valence-corrected chi connectivity index (χ3v) is 10.2. The third-order valence-electron chi connectivity index (χ3n) is 10.2. The first-order valence-corrected chi connectivity index (χ1v) is 21.3. The molecule has 1 aliphatic heterocycles. The first-order valence-electron chi connectivity index (χ1n) is 21.3. The molecule has 0 aromatic rings. The van der Waals surface area contributed by atoms with Gasteiger partial charge in [-0.25, -0.2) is 0 Å². The highest BCUT2D eigenvalue weighted by Gasteiger charge is 2.14. The molecule has 1 heterocycles. The molecule has 1 N–H and O–H groups in total. The lowest BCUT2D eigenvalue weighted by Gasteiger charge is -2.21. The van der Waals surface area contributed by atoms with Gasteiger partial charge in [-0.3, -0.25) is 9.59 Å². The summed E-state index contributed by atoms with van der Waals surface area (Å²) in [4.78, 5) is 27.2. The molecule has 0 amide bonds. The largest absolute Gasteiger partial charge is 0.466 e. The minimum absolute atomic E-state index is 0.0149. The second kappa shape index (κ2) is 35.7. The van der Waals surface area contributed by atoms with Crippen LogP contribution in [0.25, 0.3) is 0 Å². The molecule has 1 rings (SSSR count). The summed E-state index contributed by atoms with van der Waals surface area (Å²) in [5.41, 5.74) is 0. The summed E-state index contributed by atoms with van der Waals surface area (Å²) in [6.45, 7) is 5.72. The van der Waals surface area contributed by atoms with Crippen molar-refractivity contribution < 1.29 is 24.2 Å². The van der Waals surface area contributed by atoms with Crippen LogP contribution in [0.5, 0.6) is 0 Å². The van der Waals surface area contributed by atoms with E-state index in [0.29, 0.717) is 26.0 Å². The first kappa shape index (κ1) is 44.9. The van der Waals surface area contributed by atoms with Crippen molar-refractivity contribution in [1.29, 1.82) is 0 Å². The van der Waals surface area contributed by atoms with Crippen molar-refractivity contribution in [2.75, 3.05) is 32.8 Å². The van der Waals surface area contributed by atoms with Crippen molar-refractivity contribution in [3.63, 3.8) is 0 Å². The van der Waals surface area contributed by atoms with Gasteiger partial charge in [-0.05, 0) is 70.9 Å². The van der Waals surface area contributed by atoms with E-state index in [2.05, 4.69) is 11.8 Å². The van der Waals surface area contributed by atoms with Crippen LogP contribution >= 0.6 is 0 Å². The van der Waals surface area contributed by atoms with Gasteiger partial charge in [-0.1, -0.05) is 148 Å². The van der Waals surface area contributed by atoms with Crippen LogP contribution in [0.4, 0.5) is 0 Å². The number of aliphatic hydroxyl groups excluding tert-OH is 1. The van der Waals surface area contributed by atoms with Crippen LogP contribution in [0.3, 0.4) is 0 Å². The van der Waals surface area contributed by atoms with Crippen LogP contribution in [0.2, 0.25) is 0 Å². The summed E-state index contributed by atoms with van der Waals surface area (Å²) in [6.07, 6.45) is 38.7. The zero-order valence-electron chi connectivity index (χ0n) is 32.0. The molecule has 0 aliphatic carbocycles. The van der Waals surface area contributed by atoms with Crippen molar-refractivity contribution >= 4 is 11.9 Å². The summed E-state index contributed by atoms with van der Waals surface area (Å²) >= 11 is 0. The number of ether oxygens (including phenoxy) is 2. The average Bonchev–Trinajstić information content (AvgIpc) is 3.07. The van der Waals surface area contributed by atoms with Crippen molar-refractivity contribution in [2.24, 2.45) is 0 Å². The Morgan fingerprint density at radius 1 is 0.562 bits per heavy atom. The minimum atomic E-state index is -0.0452. The number of unbranched alkanes of at least 4 members (excludes halogenated alkanes) is 5. The molecule has 6 heteroatoms. The average molecular weight is 680 g/mol. The highest BCUT2D eigenvalue weighted by atomic mass is 16.5. The van der Waals surface area contributed by atoms with Gasteiger partial charge in [0.25, 0.3) is 0 Å². The van der Waals surface area contributed by atoms with Gasteiger partial charge >= 0.3 is 11.9 Å². The quantitative estimate of drug-likeness (QED) is 0.193. The molecule has 0 aromatic carbocycles. The van der Waals surface area contributed by atoms with Crippen LogP contribution in [0.1, 0.15) is 219 Å². The number of hydrogen-bond donors (Lipinski definition) is 1. The Kier molecular flexibility index (Phi) is 33.4. The fourth-order valence-corrected chi connectivity index (χ4v) is 7.08. The Balaban J connectivity index is 2.44. The smallest absolute Gasteiger partial charge is 0.306 e. The Hall–Kier alpha value is -1.14. The summed E-state index contributed by atoms with van der Waals surface area (Å²) in [6, 6.07) is 0. The number of nitrogens with zero attached hydrogens (tertiary/aromatic N) is 1. The van der Waals surface area contributed by atoms with E-state index >= 15 is 0 Å². The molecule has 6 nitrogen and oxygen atoms in total. The van der Waals surface area contributed by atoms with E-state index in [4.69, 9.17) is 9.47 Å². The third kappa shape index (κ3) is 30.9. The normalized spacial score (nSPS) is 22.5. The SMILES string of the molecule is CCCCCCCCC1CCCCCCCCCCCCCCCCCOC(=O)CCCCCN(CCO)CCCCCCCC(=O)O1. The van der Waals surface area contributed by atoms with E-state index in [1.807, 2.05) is 0 Å². The lowest BCUT2D eigenvalue weighted by molar-refractivity contribution is -0.150. The standard InChI is InChI=1S/C42H81NO5/c1-2-3-4-5-18-24-31-40-32-25-19-15-13-11-9-7-6-8-10-12-14-16-22-30-39-47-41(45)33-27-23-29-36-43(37-38-44)35-28-21-17-20-26-34-42(46)48-40/h40,44H,2-39H2,1H3. The second-order valence-corrected chi connectivity index (χ2v) is 14.9. The molecule has 1 saturated heterocycles.